The van der Waals surface area contributed by atoms with Crippen molar-refractivity contribution in [3.05, 3.63) is 52.2 Å². The lowest BCUT2D eigenvalue weighted by Crippen LogP contribution is -2.52. The number of hydrogen-bond donors (Lipinski definition) is 1. The molecule has 3 aliphatic rings. The number of rotatable bonds is 4. The number of hydrogen-bond acceptors (Lipinski definition) is 6. The Bertz CT molecular complexity index is 1240. The van der Waals surface area contributed by atoms with E-state index in [2.05, 4.69) is 5.32 Å². The normalized spacial score (nSPS) is 22.5. The largest absolute Gasteiger partial charge is 0.322 e. The van der Waals surface area contributed by atoms with E-state index in [1.807, 2.05) is 0 Å². The molecule has 2 saturated heterocycles. The first-order chi connectivity index (χ1) is 15.8. The summed E-state index contributed by atoms with van der Waals surface area (Å²) in [5, 5.41) is 3.98. The summed E-state index contributed by atoms with van der Waals surface area (Å²) in [4.78, 5) is 37.9. The molecular formula is C22H22FN3O5S2. The minimum absolute atomic E-state index is 0.156. The van der Waals surface area contributed by atoms with Gasteiger partial charge in [-0.2, -0.15) is 4.31 Å². The third-order valence-corrected chi connectivity index (χ3v) is 9.90. The molecule has 1 aromatic carbocycles. The molecule has 1 unspecified atom stereocenters. The summed E-state index contributed by atoms with van der Waals surface area (Å²) in [6.07, 6.45) is 1.36. The van der Waals surface area contributed by atoms with Gasteiger partial charge in [0.25, 0.3) is 15.9 Å². The number of sulfonamides is 1. The Labute approximate surface area is 194 Å². The SMILES string of the molecule is O=C1CCC(N2Cc3cc(C4CCN(S(=O)(=O)c5cccs5)CC4)c(F)cc3C2=O)C(=O)N1. The highest BCUT2D eigenvalue weighted by Crippen LogP contribution is 2.36. The highest BCUT2D eigenvalue weighted by molar-refractivity contribution is 7.91. The van der Waals surface area contributed by atoms with Gasteiger partial charge >= 0.3 is 0 Å². The Hall–Kier alpha value is -2.63. The van der Waals surface area contributed by atoms with Crippen molar-refractivity contribution in [3.63, 3.8) is 0 Å². The average molecular weight is 492 g/mol. The van der Waals surface area contributed by atoms with E-state index in [-0.39, 0.29) is 36.8 Å². The summed E-state index contributed by atoms with van der Waals surface area (Å²) in [6, 6.07) is 5.44. The van der Waals surface area contributed by atoms with Crippen LogP contribution in [0.5, 0.6) is 0 Å². The predicted molar refractivity (Wildman–Crippen MR) is 117 cm³/mol. The molecule has 1 N–H and O–H groups in total. The fourth-order valence-corrected chi connectivity index (χ4v) is 7.48. The first kappa shape index (κ1) is 22.2. The maximum absolute atomic E-state index is 15.0. The number of nitrogens with one attached hydrogen (secondary N) is 1. The van der Waals surface area contributed by atoms with Crippen LogP contribution in [0.4, 0.5) is 4.39 Å². The number of nitrogens with zero attached hydrogens (tertiary/aromatic N) is 2. The van der Waals surface area contributed by atoms with Crippen LogP contribution in [0.25, 0.3) is 0 Å². The van der Waals surface area contributed by atoms with Crippen LogP contribution in [-0.2, 0) is 26.2 Å². The van der Waals surface area contributed by atoms with Gasteiger partial charge in [0.1, 0.15) is 16.1 Å². The smallest absolute Gasteiger partial charge is 0.255 e. The highest BCUT2D eigenvalue weighted by Gasteiger charge is 2.40. The highest BCUT2D eigenvalue weighted by atomic mass is 32.2. The number of fused-ring (bicyclic) bond motifs is 1. The topological polar surface area (TPSA) is 104 Å². The Morgan fingerprint density at radius 1 is 1.09 bits per heavy atom. The van der Waals surface area contributed by atoms with Gasteiger partial charge < -0.3 is 4.90 Å². The van der Waals surface area contributed by atoms with E-state index in [0.29, 0.717) is 41.3 Å². The lowest BCUT2D eigenvalue weighted by molar-refractivity contribution is -0.136. The van der Waals surface area contributed by atoms with Crippen LogP contribution in [0.2, 0.25) is 0 Å². The number of benzene rings is 1. The summed E-state index contributed by atoms with van der Waals surface area (Å²) in [5.41, 5.74) is 1.35. The fourth-order valence-electron chi connectivity index (χ4n) is 4.87. The molecule has 1 atom stereocenters. The zero-order valence-corrected chi connectivity index (χ0v) is 19.3. The maximum Gasteiger partial charge on any atom is 0.255 e. The molecule has 2 aromatic rings. The van der Waals surface area contributed by atoms with E-state index in [4.69, 9.17) is 0 Å². The second-order valence-corrected chi connectivity index (χ2v) is 11.7. The standard InChI is InChI=1S/C22H22FN3O5S2/c23-17-11-16-14(12-26(22(16)29)18-3-4-19(27)24-21(18)28)10-15(17)13-5-7-25(8-6-13)33(30,31)20-2-1-9-32-20/h1-2,9-11,13,18H,3-8,12H2,(H,24,27,28). The molecule has 3 aliphatic heterocycles. The summed E-state index contributed by atoms with van der Waals surface area (Å²) in [5.74, 6) is -1.94. The molecule has 33 heavy (non-hydrogen) atoms. The quantitative estimate of drug-likeness (QED) is 0.661. The summed E-state index contributed by atoms with van der Waals surface area (Å²) in [6.45, 7) is 0.769. The lowest BCUT2D eigenvalue weighted by Gasteiger charge is -2.31. The molecule has 0 bridgehead atoms. The molecule has 4 heterocycles. The van der Waals surface area contributed by atoms with Crippen LogP contribution in [0.15, 0.2) is 33.9 Å². The van der Waals surface area contributed by atoms with Gasteiger partial charge in [-0.1, -0.05) is 12.1 Å². The summed E-state index contributed by atoms with van der Waals surface area (Å²) in [7, 11) is -3.54. The molecule has 8 nitrogen and oxygen atoms in total. The van der Waals surface area contributed by atoms with Crippen molar-refractivity contribution in [3.8, 4) is 0 Å². The molecule has 0 saturated carbocycles. The predicted octanol–water partition coefficient (Wildman–Crippen LogP) is 2.22. The minimum Gasteiger partial charge on any atom is -0.322 e. The van der Waals surface area contributed by atoms with E-state index in [1.54, 1.807) is 23.6 Å². The molecule has 1 aromatic heterocycles. The number of imide groups is 1. The van der Waals surface area contributed by atoms with E-state index in [1.165, 1.54) is 26.6 Å². The number of carbonyl (C=O) groups is 3. The van der Waals surface area contributed by atoms with E-state index < -0.39 is 33.7 Å². The first-order valence-corrected chi connectivity index (χ1v) is 13.1. The Kier molecular flexibility index (Phi) is 5.58. The zero-order chi connectivity index (χ0) is 23.3. The third-order valence-electron chi connectivity index (χ3n) is 6.62. The second kappa shape index (κ2) is 8.30. The van der Waals surface area contributed by atoms with Crippen molar-refractivity contribution in [1.29, 1.82) is 0 Å². The Morgan fingerprint density at radius 2 is 1.85 bits per heavy atom. The summed E-state index contributed by atoms with van der Waals surface area (Å²) < 4.78 is 42.3. The molecule has 5 rings (SSSR count). The maximum atomic E-state index is 15.0. The van der Waals surface area contributed by atoms with Crippen molar-refractivity contribution < 1.29 is 27.2 Å². The van der Waals surface area contributed by atoms with Crippen molar-refractivity contribution in [2.45, 2.75) is 48.4 Å². The van der Waals surface area contributed by atoms with Gasteiger partial charge in [0.2, 0.25) is 11.8 Å². The number of halogens is 1. The molecule has 0 spiro atoms. The van der Waals surface area contributed by atoms with Crippen molar-refractivity contribution in [2.75, 3.05) is 13.1 Å². The minimum atomic E-state index is -3.54. The van der Waals surface area contributed by atoms with Gasteiger partial charge in [0.05, 0.1) is 0 Å². The van der Waals surface area contributed by atoms with E-state index in [9.17, 15) is 22.8 Å². The van der Waals surface area contributed by atoms with Crippen molar-refractivity contribution in [2.24, 2.45) is 0 Å². The van der Waals surface area contributed by atoms with Crippen molar-refractivity contribution >= 4 is 39.1 Å². The Balaban J connectivity index is 1.32. The van der Waals surface area contributed by atoms with E-state index in [0.717, 1.165) is 0 Å². The molecule has 174 valence electrons. The molecule has 0 radical (unpaired) electrons. The first-order valence-electron chi connectivity index (χ1n) is 10.8. The van der Waals surface area contributed by atoms with Gasteiger partial charge in [0, 0.05) is 31.6 Å². The van der Waals surface area contributed by atoms with Gasteiger partial charge in [0.15, 0.2) is 0 Å². The van der Waals surface area contributed by atoms with Crippen molar-refractivity contribution in [1.82, 2.24) is 14.5 Å². The third kappa shape index (κ3) is 3.87. The molecular weight excluding hydrogens is 469 g/mol. The number of amides is 3. The van der Waals surface area contributed by atoms with Crippen LogP contribution in [0.1, 0.15) is 53.1 Å². The van der Waals surface area contributed by atoms with Crippen LogP contribution in [0.3, 0.4) is 0 Å². The van der Waals surface area contributed by atoms with Gasteiger partial charge in [-0.15, -0.1) is 11.3 Å². The number of piperidine rings is 2. The number of thiophene rings is 1. The Morgan fingerprint density at radius 3 is 2.52 bits per heavy atom. The summed E-state index contributed by atoms with van der Waals surface area (Å²) >= 11 is 1.18. The van der Waals surface area contributed by atoms with Crippen LogP contribution >= 0.6 is 11.3 Å². The lowest BCUT2D eigenvalue weighted by atomic mass is 9.88. The molecule has 0 aliphatic carbocycles. The number of carbonyl (C=O) groups excluding carboxylic acids is 3. The molecule has 11 heteroatoms. The second-order valence-electron chi connectivity index (χ2n) is 8.54. The molecule has 3 amide bonds. The zero-order valence-electron chi connectivity index (χ0n) is 17.6. The van der Waals surface area contributed by atoms with Crippen LogP contribution < -0.4 is 5.32 Å². The van der Waals surface area contributed by atoms with Gasteiger partial charge in [-0.3, -0.25) is 19.7 Å². The fraction of sp³-hybridized carbons (Fsp3) is 0.409. The molecule has 2 fully saturated rings. The van der Waals surface area contributed by atoms with Crippen LogP contribution in [-0.4, -0.2) is 54.5 Å². The van der Waals surface area contributed by atoms with Gasteiger partial charge in [-0.05, 0) is 53.8 Å². The van der Waals surface area contributed by atoms with Gasteiger partial charge in [-0.25, -0.2) is 12.8 Å². The van der Waals surface area contributed by atoms with E-state index >= 15 is 4.39 Å². The monoisotopic (exact) mass is 491 g/mol. The average Bonchev–Trinajstić information content (AvgIpc) is 3.43. The van der Waals surface area contributed by atoms with Crippen LogP contribution in [0, 0.1) is 5.82 Å².